The Morgan fingerprint density at radius 3 is 0.538 bits per heavy atom. The molecule has 41 nitrogen and oxygen atoms in total. The van der Waals surface area contributed by atoms with Gasteiger partial charge in [-0.05, 0) is 6.92 Å². The van der Waals surface area contributed by atoms with E-state index >= 15 is 0 Å². The van der Waals surface area contributed by atoms with Crippen LogP contribution in [0.1, 0.15) is 6.92 Å². The van der Waals surface area contributed by atoms with E-state index in [4.69, 9.17) is 75.8 Å². The third-order valence-electron chi connectivity index (χ3n) is 17.6. The lowest BCUT2D eigenvalue weighted by molar-refractivity contribution is -0.403. The summed E-state index contributed by atoms with van der Waals surface area (Å²) in [4.78, 5) is 11.9. The van der Waals surface area contributed by atoms with Crippen molar-refractivity contribution in [1.82, 2.24) is 0 Å². The molecule has 30 saturated heterocycles. The fraction of sp³-hybridized carbons (Fsp3) is 0.980. The van der Waals surface area contributed by atoms with Gasteiger partial charge in [0.25, 0.3) is 0 Å². The van der Waals surface area contributed by atoms with Gasteiger partial charge in [0.05, 0.1) is 57.6 Å². The number of hydrogen-bond acceptors (Lipinski definition) is 41. The van der Waals surface area contributed by atoms with Gasteiger partial charge in [-0.25, -0.2) is 0 Å². The minimum Gasteiger partial charge on any atom is -0.480 e. The summed E-state index contributed by atoms with van der Waals surface area (Å²) in [6.07, 6.45) is -82.5. The number of aliphatic hydroxyl groups excluding tert-OH is 23. The summed E-state index contributed by atoms with van der Waals surface area (Å²) in [5, 5.41) is 265. The topological polar surface area (TPSA) is 650 Å². The van der Waals surface area contributed by atoms with Crippen molar-refractivity contribution in [2.45, 2.75) is 258 Å². The second kappa shape index (κ2) is 32.3. The van der Waals surface area contributed by atoms with Crippen LogP contribution in [0.25, 0.3) is 0 Å². The zero-order valence-electron chi connectivity index (χ0n) is 48.9. The number of rotatable bonds is 11. The van der Waals surface area contributed by atoms with Crippen LogP contribution in [0.15, 0.2) is 0 Å². The van der Waals surface area contributed by atoms with Crippen LogP contribution < -0.4 is 0 Å². The number of aliphatic carboxylic acids is 1. The van der Waals surface area contributed by atoms with Gasteiger partial charge >= 0.3 is 5.97 Å². The second-order valence-electron chi connectivity index (χ2n) is 23.6. The van der Waals surface area contributed by atoms with Crippen LogP contribution in [0.4, 0.5) is 0 Å². The molecule has 24 N–H and O–H groups in total. The van der Waals surface area contributed by atoms with E-state index < -0.39 is 309 Å². The normalized spacial score (nSPS) is 53.3. The average molecular weight is 1390 g/mol. The number of carbonyl (C=O) groups is 1. The molecule has 30 heterocycles. The van der Waals surface area contributed by atoms with Crippen molar-refractivity contribution in [3.63, 3.8) is 0 Å². The fourth-order valence-electron chi connectivity index (χ4n) is 12.2. The third kappa shape index (κ3) is 15.5. The molecule has 0 aromatic rings. The fourth-order valence-corrected chi connectivity index (χ4v) is 13.1. The van der Waals surface area contributed by atoms with Crippen molar-refractivity contribution in [2.75, 3.05) is 52.0 Å². The molecule has 0 radical (unpaired) electrons. The monoisotopic (exact) mass is 1380 g/mol. The van der Waals surface area contributed by atoms with Crippen LogP contribution in [0.2, 0.25) is 0 Å². The lowest BCUT2D eigenvalue weighted by atomic mass is 9.95. The van der Waals surface area contributed by atoms with Crippen LogP contribution in [-0.4, -0.2) is 431 Å². The zero-order valence-corrected chi connectivity index (χ0v) is 49.7. The molecule has 16 bridgehead atoms. The summed E-state index contributed by atoms with van der Waals surface area (Å²) in [6, 6.07) is 0. The standard InChI is InChI=1S/C51H84O41S/c1-10(43(75)76)93-9-18-42-26(66)34(74)51(84-18)91-41-17(8-58)82-49(32(72)24(41)64)89-39-15(6-56)80-47(30(70)22(39)62)87-37-13(4-54)78-45(28(68)20(37)60)85-35-11(2-52)77-44(27(67)19(35)59)86-36-12(3-53)79-46(29(69)21(36)61)88-38-14(5-55)81-48(31(71)23(38)63)90-40-16(7-57)83-50(92-42)33(73)25(40)65/h10-42,44-74H,2-9H2,1H3,(H,75,76)/t10?,11-,12-,13-,14-,15-,16-,17-,18-,19-,20-,21-,22-,23-,24-,25-,26-,27-,28-,29-,30-,31-,32-,33-,34-,35-,36-,37-,38-,39-,40-,41-,42-,44-,45-,46-,47-,48-,49-,50-,51-/m1/s1. The molecule has 0 aromatic carbocycles. The van der Waals surface area contributed by atoms with Crippen molar-refractivity contribution in [1.29, 1.82) is 0 Å². The third-order valence-corrected chi connectivity index (χ3v) is 18.8. The molecular weight excluding hydrogens is 1300 g/mol. The Bertz CT molecular complexity index is 2310. The first-order valence-corrected chi connectivity index (χ1v) is 30.7. The van der Waals surface area contributed by atoms with Crippen LogP contribution in [0.5, 0.6) is 0 Å². The number of ether oxygens (including phenoxy) is 16. The van der Waals surface area contributed by atoms with Crippen LogP contribution in [0.3, 0.4) is 0 Å². The quantitative estimate of drug-likeness (QED) is 0.0913. The molecule has 0 aliphatic carbocycles. The van der Waals surface area contributed by atoms with Gasteiger partial charge < -0.3 is 198 Å². The van der Waals surface area contributed by atoms with Crippen molar-refractivity contribution in [2.24, 2.45) is 0 Å². The number of aliphatic hydroxyl groups is 23. The van der Waals surface area contributed by atoms with Crippen molar-refractivity contribution >= 4 is 17.7 Å². The molecule has 1 unspecified atom stereocenters. The van der Waals surface area contributed by atoms with Gasteiger partial charge in [0.15, 0.2) is 50.3 Å². The maximum Gasteiger partial charge on any atom is 0.316 e. The molecule has 42 heteroatoms. The highest BCUT2D eigenvalue weighted by Gasteiger charge is 2.60. The summed E-state index contributed by atoms with van der Waals surface area (Å²) in [7, 11) is 0. The number of carboxylic acids is 1. The molecule has 30 aliphatic rings. The van der Waals surface area contributed by atoms with Crippen LogP contribution >= 0.6 is 11.8 Å². The summed E-state index contributed by atoms with van der Waals surface area (Å²) < 4.78 is 92.1. The highest BCUT2D eigenvalue weighted by molar-refractivity contribution is 8.00. The molecule has 93 heavy (non-hydrogen) atoms. The Labute approximate surface area is 529 Å². The van der Waals surface area contributed by atoms with Crippen molar-refractivity contribution < 1.29 is 203 Å². The minimum atomic E-state index is -2.28. The first kappa shape index (κ1) is 75.5. The van der Waals surface area contributed by atoms with E-state index in [1.54, 1.807) is 0 Å². The summed E-state index contributed by atoms with van der Waals surface area (Å²) in [5.74, 6) is -1.79. The van der Waals surface area contributed by atoms with Crippen molar-refractivity contribution in [3.8, 4) is 0 Å². The molecule has 0 saturated carbocycles. The Hall–Kier alpha value is -1.74. The average Bonchev–Trinajstić information content (AvgIpc) is 0.791. The van der Waals surface area contributed by atoms with Gasteiger partial charge in [0, 0.05) is 5.75 Å². The van der Waals surface area contributed by atoms with Crippen molar-refractivity contribution in [3.05, 3.63) is 0 Å². The maximum atomic E-state index is 11.9. The molecule has 30 aliphatic heterocycles. The zero-order chi connectivity index (χ0) is 67.9. The predicted molar refractivity (Wildman–Crippen MR) is 284 cm³/mol. The Morgan fingerprint density at radius 1 is 0.258 bits per heavy atom. The first-order chi connectivity index (χ1) is 44.2. The molecule has 540 valence electrons. The van der Waals surface area contributed by atoms with Crippen LogP contribution in [0, 0.1) is 0 Å². The highest BCUT2D eigenvalue weighted by atomic mass is 32.2. The van der Waals surface area contributed by atoms with E-state index in [9.17, 15) is 127 Å². The second-order valence-corrected chi connectivity index (χ2v) is 25.0. The number of thioether (sulfide) groups is 1. The molecule has 0 aromatic heterocycles. The first-order valence-electron chi connectivity index (χ1n) is 29.6. The van der Waals surface area contributed by atoms with E-state index in [-0.39, 0.29) is 0 Å². The SMILES string of the molecule is CC(SC[C@H]1O[C@@H]2O[C@H]3[C@H](O)[C@@H](O)[C@@H](O[C@H]4[C@H](O)[C@@H](O)[C@@H](O[C@H]5[C@H](O)[C@@H](O)[C@@H](O[C@H]6[C@H](O)[C@@H](O)[C@@H](O[C@H]7[C@H](O)[C@@H](O)[C@@H](O[C@H]8[C@H](O)[C@@H](O)[C@@H](O[C@H]9[C@H](O)[C@@H](O)[C@@H](O[C@H]1[C@H](O)[C@H]2O)O[C@@H]9CO)O[C@@H]8CO)O[C@@H]7CO)O[C@@H]6CO)O[C@@H]5CO)O[C@@H]4CO)O[C@@H]3CO)C(=O)O. The van der Waals surface area contributed by atoms with E-state index in [1.807, 2.05) is 0 Å². The van der Waals surface area contributed by atoms with Gasteiger partial charge in [-0.15, -0.1) is 11.8 Å². The number of hydrogen-bond donors (Lipinski definition) is 24. The Morgan fingerprint density at radius 2 is 0.398 bits per heavy atom. The molecular formula is C51H84O41S. The van der Waals surface area contributed by atoms with E-state index in [0.29, 0.717) is 11.8 Å². The minimum absolute atomic E-state index is 0.462. The predicted octanol–water partition coefficient (Wildman–Crippen LogP) is -16.2. The van der Waals surface area contributed by atoms with E-state index in [2.05, 4.69) is 0 Å². The molecule has 0 amide bonds. The highest BCUT2D eigenvalue weighted by Crippen LogP contribution is 2.40. The Kier molecular flexibility index (Phi) is 26.2. The lowest BCUT2D eigenvalue weighted by Gasteiger charge is -2.50. The van der Waals surface area contributed by atoms with Crippen LogP contribution in [-0.2, 0) is 80.6 Å². The maximum absolute atomic E-state index is 11.9. The van der Waals surface area contributed by atoms with Gasteiger partial charge in [0.1, 0.15) is 189 Å². The van der Waals surface area contributed by atoms with Gasteiger partial charge in [0.2, 0.25) is 0 Å². The van der Waals surface area contributed by atoms with Gasteiger partial charge in [-0.2, -0.15) is 0 Å². The molecule has 30 fully saturated rings. The largest absolute Gasteiger partial charge is 0.480 e. The smallest absolute Gasteiger partial charge is 0.316 e. The van der Waals surface area contributed by atoms with E-state index in [1.165, 1.54) is 6.92 Å². The molecule has 41 atom stereocenters. The number of carboxylic acid groups (broad SMARTS) is 1. The van der Waals surface area contributed by atoms with Gasteiger partial charge in [-0.3, -0.25) is 4.79 Å². The lowest BCUT2D eigenvalue weighted by Crippen LogP contribution is -2.69. The van der Waals surface area contributed by atoms with Gasteiger partial charge in [-0.1, -0.05) is 0 Å². The summed E-state index contributed by atoms with van der Waals surface area (Å²) in [6.45, 7) is -6.40. The van der Waals surface area contributed by atoms with E-state index in [0.717, 1.165) is 0 Å². The summed E-state index contributed by atoms with van der Waals surface area (Å²) >= 11 is 0.684. The Balaban J connectivity index is 0.995. The molecule has 0 spiro atoms. The summed E-state index contributed by atoms with van der Waals surface area (Å²) in [5.41, 5.74) is 0. The molecule has 30 rings (SSSR count).